The number of fused-ring (bicyclic) bond motifs is 1. The van der Waals surface area contributed by atoms with E-state index in [0.717, 1.165) is 19.0 Å². The zero-order chi connectivity index (χ0) is 15.2. The van der Waals surface area contributed by atoms with Gasteiger partial charge in [0.25, 0.3) is 5.56 Å². The van der Waals surface area contributed by atoms with Crippen LogP contribution >= 0.6 is 0 Å². The summed E-state index contributed by atoms with van der Waals surface area (Å²) in [5, 5.41) is 9.63. The van der Waals surface area contributed by atoms with Crippen molar-refractivity contribution in [3.63, 3.8) is 0 Å². The third kappa shape index (κ3) is 2.53. The van der Waals surface area contributed by atoms with Crippen LogP contribution in [0.3, 0.4) is 0 Å². The molecule has 0 spiro atoms. The molecule has 0 amide bonds. The number of alkyl halides is 2. The maximum absolute atomic E-state index is 13.2. The van der Waals surface area contributed by atoms with E-state index in [4.69, 9.17) is 0 Å². The molecule has 1 aliphatic rings. The summed E-state index contributed by atoms with van der Waals surface area (Å²) in [4.78, 5) is 19.8. The Balaban J connectivity index is 2.11. The van der Waals surface area contributed by atoms with Crippen LogP contribution in [0.5, 0.6) is 0 Å². The number of aromatic nitrogens is 3. The zero-order valence-corrected chi connectivity index (χ0v) is 11.5. The summed E-state index contributed by atoms with van der Waals surface area (Å²) in [5.74, 6) is -3.46. The van der Waals surface area contributed by atoms with Crippen molar-refractivity contribution in [1.29, 1.82) is 0 Å². The van der Waals surface area contributed by atoms with Crippen molar-refractivity contribution in [2.45, 2.75) is 31.7 Å². The van der Waals surface area contributed by atoms with E-state index in [1.807, 2.05) is 0 Å². The van der Waals surface area contributed by atoms with Gasteiger partial charge in [0.15, 0.2) is 5.82 Å². The van der Waals surface area contributed by atoms with E-state index < -0.39 is 11.7 Å². The summed E-state index contributed by atoms with van der Waals surface area (Å²) in [6.07, 6.45) is 4.60. The molecule has 0 aromatic carbocycles. The zero-order valence-electron chi connectivity index (χ0n) is 11.5. The van der Waals surface area contributed by atoms with Crippen LogP contribution in [-0.2, 0) is 5.92 Å². The number of aliphatic hydroxyl groups excluding tert-OH is 1. The molecule has 1 atom stereocenters. The molecule has 1 N–H and O–H groups in total. The van der Waals surface area contributed by atoms with Crippen LogP contribution in [0.2, 0.25) is 0 Å². The predicted molar refractivity (Wildman–Crippen MR) is 72.2 cm³/mol. The van der Waals surface area contributed by atoms with Crippen molar-refractivity contribution in [1.82, 2.24) is 14.5 Å². The number of nitrogens with zero attached hydrogens (tertiary/aromatic N) is 3. The second-order valence-corrected chi connectivity index (χ2v) is 5.50. The fourth-order valence-electron chi connectivity index (χ4n) is 2.46. The number of hydrogen-bond donors (Lipinski definition) is 1. The Morgan fingerprint density at radius 3 is 2.81 bits per heavy atom. The first-order chi connectivity index (χ1) is 9.91. The van der Waals surface area contributed by atoms with E-state index >= 15 is 0 Å². The Bertz CT molecular complexity index is 735. The highest BCUT2D eigenvalue weighted by atomic mass is 19.3. The molecule has 0 saturated heterocycles. The molecule has 2 aromatic heterocycles. The number of pyridine rings is 1. The first-order valence-electron chi connectivity index (χ1n) is 6.79. The van der Waals surface area contributed by atoms with Gasteiger partial charge in [0.2, 0.25) is 0 Å². The summed E-state index contributed by atoms with van der Waals surface area (Å²) in [5.41, 5.74) is -0.167. The monoisotopic (exact) mass is 295 g/mol. The van der Waals surface area contributed by atoms with Crippen molar-refractivity contribution in [3.8, 4) is 0 Å². The SMILES string of the molecule is CC(F)(F)c1ncc2c(=O)n([C@H](CO)C3CC3)ccc2n1. The minimum atomic E-state index is -3.15. The molecule has 0 radical (unpaired) electrons. The first-order valence-corrected chi connectivity index (χ1v) is 6.79. The molecule has 0 bridgehead atoms. The molecule has 112 valence electrons. The van der Waals surface area contributed by atoms with Crippen LogP contribution in [0.15, 0.2) is 23.3 Å². The molecule has 1 aliphatic carbocycles. The first kappa shape index (κ1) is 14.1. The van der Waals surface area contributed by atoms with Gasteiger partial charge in [-0.05, 0) is 24.8 Å². The molecule has 7 heteroatoms. The Kier molecular flexibility index (Phi) is 3.24. The molecule has 5 nitrogen and oxygen atoms in total. The molecule has 21 heavy (non-hydrogen) atoms. The summed E-state index contributed by atoms with van der Waals surface area (Å²) in [6, 6.07) is 1.24. The second kappa shape index (κ2) is 4.84. The lowest BCUT2D eigenvalue weighted by Gasteiger charge is -2.17. The van der Waals surface area contributed by atoms with Gasteiger partial charge in [-0.1, -0.05) is 0 Å². The van der Waals surface area contributed by atoms with Crippen molar-refractivity contribution in [3.05, 3.63) is 34.6 Å². The largest absolute Gasteiger partial charge is 0.394 e. The van der Waals surface area contributed by atoms with Crippen LogP contribution in [0.4, 0.5) is 8.78 Å². The van der Waals surface area contributed by atoms with E-state index in [1.54, 1.807) is 0 Å². The highest BCUT2D eigenvalue weighted by Gasteiger charge is 2.33. The molecule has 3 rings (SSSR count). The van der Waals surface area contributed by atoms with Crippen molar-refractivity contribution in [2.24, 2.45) is 5.92 Å². The average molecular weight is 295 g/mol. The van der Waals surface area contributed by atoms with Crippen molar-refractivity contribution in [2.75, 3.05) is 6.61 Å². The Morgan fingerprint density at radius 1 is 1.52 bits per heavy atom. The van der Waals surface area contributed by atoms with Gasteiger partial charge in [-0.15, -0.1) is 0 Å². The minimum absolute atomic E-state index is 0.123. The maximum atomic E-state index is 13.2. The van der Waals surface area contributed by atoms with Gasteiger partial charge >= 0.3 is 5.92 Å². The topological polar surface area (TPSA) is 68.0 Å². The Hall–Kier alpha value is -1.89. The molecule has 0 aliphatic heterocycles. The fraction of sp³-hybridized carbons (Fsp3) is 0.500. The number of rotatable bonds is 4. The Labute approximate surface area is 119 Å². The molecule has 2 heterocycles. The normalized spacial score (nSPS) is 17.1. The summed E-state index contributed by atoms with van der Waals surface area (Å²) < 4.78 is 27.9. The lowest BCUT2D eigenvalue weighted by atomic mass is 10.2. The van der Waals surface area contributed by atoms with E-state index in [2.05, 4.69) is 9.97 Å². The van der Waals surface area contributed by atoms with Gasteiger partial charge in [0.05, 0.1) is 23.6 Å². The number of halogens is 2. The lowest BCUT2D eigenvalue weighted by molar-refractivity contribution is 0.00806. The summed E-state index contributed by atoms with van der Waals surface area (Å²) in [6.45, 7) is 0.590. The van der Waals surface area contributed by atoms with Crippen LogP contribution in [0, 0.1) is 5.92 Å². The van der Waals surface area contributed by atoms with Crippen LogP contribution < -0.4 is 5.56 Å². The third-order valence-electron chi connectivity index (χ3n) is 3.78. The van der Waals surface area contributed by atoms with Crippen molar-refractivity contribution < 1.29 is 13.9 Å². The van der Waals surface area contributed by atoms with E-state index in [0.29, 0.717) is 12.8 Å². The van der Waals surface area contributed by atoms with E-state index in [1.165, 1.54) is 16.8 Å². The summed E-state index contributed by atoms with van der Waals surface area (Å²) >= 11 is 0. The van der Waals surface area contributed by atoms with Gasteiger partial charge in [-0.3, -0.25) is 4.79 Å². The second-order valence-electron chi connectivity index (χ2n) is 5.50. The quantitative estimate of drug-likeness (QED) is 0.934. The van der Waals surface area contributed by atoms with Gasteiger partial charge in [-0.25, -0.2) is 9.97 Å². The predicted octanol–water partition coefficient (Wildman–Crippen LogP) is 1.85. The van der Waals surface area contributed by atoms with E-state index in [-0.39, 0.29) is 29.1 Å². The van der Waals surface area contributed by atoms with Gasteiger partial charge in [0.1, 0.15) is 0 Å². The standard InChI is InChI=1S/C14H15F2N3O2/c1-14(15,16)13-17-6-9-10(18-13)4-5-19(12(9)21)11(7-20)8-2-3-8/h4-6,8,11,20H,2-3,7H2,1H3/t11-/m1/s1. The molecule has 1 fully saturated rings. The van der Waals surface area contributed by atoms with Crippen LogP contribution in [0.1, 0.15) is 31.6 Å². The number of aliphatic hydroxyl groups is 1. The minimum Gasteiger partial charge on any atom is -0.394 e. The molecular weight excluding hydrogens is 280 g/mol. The smallest absolute Gasteiger partial charge is 0.303 e. The fourth-order valence-corrected chi connectivity index (χ4v) is 2.46. The lowest BCUT2D eigenvalue weighted by Crippen LogP contribution is -2.28. The molecule has 2 aromatic rings. The molecule has 0 unspecified atom stereocenters. The van der Waals surface area contributed by atoms with E-state index in [9.17, 15) is 18.7 Å². The maximum Gasteiger partial charge on any atom is 0.303 e. The average Bonchev–Trinajstić information content (AvgIpc) is 3.25. The van der Waals surface area contributed by atoms with Gasteiger partial charge < -0.3 is 9.67 Å². The van der Waals surface area contributed by atoms with Gasteiger partial charge in [-0.2, -0.15) is 8.78 Å². The van der Waals surface area contributed by atoms with Gasteiger partial charge in [0, 0.05) is 19.3 Å². The summed E-state index contributed by atoms with van der Waals surface area (Å²) in [7, 11) is 0. The highest BCUT2D eigenvalue weighted by Crippen LogP contribution is 2.38. The van der Waals surface area contributed by atoms with Crippen molar-refractivity contribution >= 4 is 10.9 Å². The Morgan fingerprint density at radius 2 is 2.24 bits per heavy atom. The third-order valence-corrected chi connectivity index (χ3v) is 3.78. The molecular formula is C14H15F2N3O2. The number of hydrogen-bond acceptors (Lipinski definition) is 4. The highest BCUT2D eigenvalue weighted by molar-refractivity contribution is 5.76. The van der Waals surface area contributed by atoms with Crippen LogP contribution in [-0.4, -0.2) is 26.2 Å². The van der Waals surface area contributed by atoms with Crippen LogP contribution in [0.25, 0.3) is 10.9 Å². The molecule has 1 saturated carbocycles.